The number of thioether (sulfide) groups is 1. The van der Waals surface area contributed by atoms with Gasteiger partial charge in [-0.25, -0.2) is 4.79 Å². The number of rotatable bonds is 8. The van der Waals surface area contributed by atoms with E-state index in [1.807, 2.05) is 0 Å². The van der Waals surface area contributed by atoms with Crippen LogP contribution in [0.15, 0.2) is 36.2 Å². The Morgan fingerprint density at radius 3 is 2.47 bits per heavy atom. The van der Waals surface area contributed by atoms with Crippen LogP contribution in [-0.4, -0.2) is 71.1 Å². The summed E-state index contributed by atoms with van der Waals surface area (Å²) in [6, 6.07) is 5.61. The molecule has 0 saturated carbocycles. The molecular weight excluding hydrogens is 462 g/mol. The minimum atomic E-state index is -3.73. The van der Waals surface area contributed by atoms with Crippen LogP contribution in [0.5, 0.6) is 0 Å². The Morgan fingerprint density at radius 2 is 1.94 bits per heavy atom. The van der Waals surface area contributed by atoms with E-state index in [2.05, 4.69) is 5.43 Å². The number of carbonyl (C=O) groups excluding carboxylic acids is 2. The summed E-state index contributed by atoms with van der Waals surface area (Å²) >= 11 is 1.09. The van der Waals surface area contributed by atoms with Gasteiger partial charge < -0.3 is 10.2 Å². The van der Waals surface area contributed by atoms with E-state index in [0.717, 1.165) is 20.5 Å². The zero-order valence-electron chi connectivity index (χ0n) is 18.0. The highest BCUT2D eigenvalue weighted by molar-refractivity contribution is 8.14. The summed E-state index contributed by atoms with van der Waals surface area (Å²) in [5.41, 5.74) is 3.58. The Balaban J connectivity index is 2.10. The summed E-state index contributed by atoms with van der Waals surface area (Å²) in [7, 11) is 0.367. The van der Waals surface area contributed by atoms with Gasteiger partial charge in [0, 0.05) is 70.3 Å². The molecule has 0 spiro atoms. The van der Waals surface area contributed by atoms with E-state index in [1.165, 1.54) is 63.4 Å². The third-order valence-electron chi connectivity index (χ3n) is 4.45. The van der Waals surface area contributed by atoms with Crippen molar-refractivity contribution in [2.45, 2.75) is 25.2 Å². The number of non-ortho nitro benzene ring substituents is 1. The summed E-state index contributed by atoms with van der Waals surface area (Å²) in [6.45, 7) is 1.54. The van der Waals surface area contributed by atoms with Crippen molar-refractivity contribution in [2.24, 2.45) is 0 Å². The molecule has 1 aromatic rings. The number of hydrogen-bond donors (Lipinski definition) is 1. The molecule has 12 nitrogen and oxygen atoms in total. The zero-order valence-corrected chi connectivity index (χ0v) is 19.7. The second-order valence-electron chi connectivity index (χ2n) is 7.05. The first-order valence-electron chi connectivity index (χ1n) is 9.38. The minimum Gasteiger partial charge on any atom is -0.444 e. The van der Waals surface area contributed by atoms with Gasteiger partial charge in [0.05, 0.1) is 4.92 Å². The minimum absolute atomic E-state index is 0.0724. The Morgan fingerprint density at radius 1 is 1.31 bits per heavy atom. The van der Waals surface area contributed by atoms with E-state index < -0.39 is 21.2 Å². The number of likely N-dealkylation sites (tertiary alicyclic amines) is 1. The summed E-state index contributed by atoms with van der Waals surface area (Å²) in [5, 5.41) is 10.4. The number of carbonyl (C=O) groups is 2. The van der Waals surface area contributed by atoms with Crippen LogP contribution in [0.3, 0.4) is 0 Å². The van der Waals surface area contributed by atoms with Crippen LogP contribution < -0.4 is 5.43 Å². The first-order chi connectivity index (χ1) is 14.9. The third-order valence-corrected chi connectivity index (χ3v) is 7.15. The maximum Gasteiger partial charge on any atom is 0.414 e. The van der Waals surface area contributed by atoms with Crippen molar-refractivity contribution < 1.29 is 27.7 Å². The fourth-order valence-electron chi connectivity index (χ4n) is 2.79. The van der Waals surface area contributed by atoms with Crippen LogP contribution in [0, 0.1) is 10.1 Å². The average Bonchev–Trinajstić information content (AvgIpc) is 3.12. The average molecular weight is 488 g/mol. The molecule has 0 aromatic heterocycles. The van der Waals surface area contributed by atoms with Gasteiger partial charge in [-0.15, -0.1) is 4.41 Å². The smallest absolute Gasteiger partial charge is 0.414 e. The van der Waals surface area contributed by atoms with E-state index in [-0.39, 0.29) is 29.2 Å². The van der Waals surface area contributed by atoms with E-state index in [4.69, 9.17) is 4.74 Å². The SMILES string of the molecule is CC(=O)S[C@H]1CC(=CNN(C)S(=O)(=O)N(C)C)N(C(=O)OCc2ccc([N+](=O)[O-])cc2)C1. The van der Waals surface area contributed by atoms with Crippen molar-refractivity contribution in [2.75, 3.05) is 27.7 Å². The van der Waals surface area contributed by atoms with Gasteiger partial charge in [0.1, 0.15) is 6.61 Å². The third kappa shape index (κ3) is 6.66. The Kier molecular flexibility index (Phi) is 8.60. The van der Waals surface area contributed by atoms with E-state index in [0.29, 0.717) is 17.7 Å². The van der Waals surface area contributed by atoms with Gasteiger partial charge in [-0.3, -0.25) is 19.8 Å². The van der Waals surface area contributed by atoms with Crippen LogP contribution >= 0.6 is 11.8 Å². The number of nitro groups is 1. The second-order valence-corrected chi connectivity index (χ2v) is 10.7. The molecule has 32 heavy (non-hydrogen) atoms. The predicted molar refractivity (Wildman–Crippen MR) is 118 cm³/mol. The standard InChI is InChI=1S/C18H25N5O7S2/c1-13(24)31-17-9-16(10-19-21(4)32(28,29)20(2)3)22(11-17)18(25)30-12-14-5-7-15(8-6-14)23(26)27/h5-8,10,17,19H,9,11-12H2,1-4H3/t17-/m0/s1. The fourth-order valence-corrected chi connectivity index (χ4v) is 4.41. The highest BCUT2D eigenvalue weighted by Crippen LogP contribution is 2.31. The number of amides is 1. The molecule has 1 fully saturated rings. The number of allylic oxidation sites excluding steroid dienone is 1. The first kappa shape index (κ1) is 25.6. The van der Waals surface area contributed by atoms with Gasteiger partial charge in [0.15, 0.2) is 5.12 Å². The summed E-state index contributed by atoms with van der Waals surface area (Å²) in [6.07, 6.45) is 1.05. The molecule has 176 valence electrons. The number of nitro benzene ring substituents is 1. The van der Waals surface area contributed by atoms with Crippen molar-refractivity contribution in [1.29, 1.82) is 0 Å². The van der Waals surface area contributed by atoms with Gasteiger partial charge in [0.2, 0.25) is 0 Å². The van der Waals surface area contributed by atoms with E-state index >= 15 is 0 Å². The van der Waals surface area contributed by atoms with Gasteiger partial charge in [-0.2, -0.15) is 12.7 Å². The van der Waals surface area contributed by atoms with Crippen LogP contribution in [0.2, 0.25) is 0 Å². The number of benzene rings is 1. The highest BCUT2D eigenvalue weighted by atomic mass is 32.2. The summed E-state index contributed by atoms with van der Waals surface area (Å²) in [5.74, 6) is 0. The molecule has 1 atom stereocenters. The Bertz CT molecular complexity index is 995. The molecule has 1 aromatic carbocycles. The lowest BCUT2D eigenvalue weighted by molar-refractivity contribution is -0.384. The number of ether oxygens (including phenoxy) is 1. The molecule has 0 radical (unpaired) electrons. The van der Waals surface area contributed by atoms with Crippen LogP contribution in [0.25, 0.3) is 0 Å². The maximum atomic E-state index is 12.7. The summed E-state index contributed by atoms with van der Waals surface area (Å²) in [4.78, 5) is 35.7. The normalized spacial score (nSPS) is 17.8. The number of hydrazine groups is 1. The molecular formula is C18H25N5O7S2. The van der Waals surface area contributed by atoms with Crippen molar-refractivity contribution in [3.63, 3.8) is 0 Å². The molecule has 0 bridgehead atoms. The van der Waals surface area contributed by atoms with Gasteiger partial charge in [-0.05, 0) is 17.7 Å². The van der Waals surface area contributed by atoms with Gasteiger partial charge in [-0.1, -0.05) is 11.8 Å². The second kappa shape index (κ2) is 10.8. The zero-order chi connectivity index (χ0) is 24.1. The lowest BCUT2D eigenvalue weighted by Gasteiger charge is -2.22. The van der Waals surface area contributed by atoms with Crippen molar-refractivity contribution in [3.8, 4) is 0 Å². The van der Waals surface area contributed by atoms with Crippen LogP contribution in [-0.2, 0) is 26.3 Å². The monoisotopic (exact) mass is 487 g/mol. The molecule has 1 amide bonds. The first-order valence-corrected chi connectivity index (χ1v) is 11.7. The molecule has 0 unspecified atom stereocenters. The van der Waals surface area contributed by atoms with Crippen molar-refractivity contribution >= 4 is 38.9 Å². The topological polar surface area (TPSA) is 142 Å². The van der Waals surface area contributed by atoms with Crippen LogP contribution in [0.1, 0.15) is 18.9 Å². The maximum absolute atomic E-state index is 12.7. The molecule has 1 aliphatic rings. The quantitative estimate of drug-likeness (QED) is 0.428. The number of nitrogens with zero attached hydrogens (tertiary/aromatic N) is 4. The molecule has 1 N–H and O–H groups in total. The van der Waals surface area contributed by atoms with Gasteiger partial charge in [0.25, 0.3) is 15.9 Å². The number of hydrogen-bond acceptors (Lipinski definition) is 9. The lowest BCUT2D eigenvalue weighted by atomic mass is 10.2. The highest BCUT2D eigenvalue weighted by Gasteiger charge is 2.33. The van der Waals surface area contributed by atoms with Crippen LogP contribution in [0.4, 0.5) is 10.5 Å². The van der Waals surface area contributed by atoms with Crippen molar-refractivity contribution in [1.82, 2.24) is 19.0 Å². The molecule has 14 heteroatoms. The van der Waals surface area contributed by atoms with Gasteiger partial charge >= 0.3 is 6.09 Å². The summed E-state index contributed by atoms with van der Waals surface area (Å²) < 4.78 is 31.5. The molecule has 0 aliphatic carbocycles. The Hall–Kier alpha value is -2.68. The lowest BCUT2D eigenvalue weighted by Crippen LogP contribution is -2.43. The molecule has 1 heterocycles. The number of nitrogens with one attached hydrogen (secondary N) is 1. The Labute approximate surface area is 190 Å². The molecule has 2 rings (SSSR count). The fraction of sp³-hybridized carbons (Fsp3) is 0.444. The van der Waals surface area contributed by atoms with Crippen molar-refractivity contribution in [3.05, 3.63) is 51.8 Å². The molecule has 1 saturated heterocycles. The van der Waals surface area contributed by atoms with E-state index in [1.54, 1.807) is 0 Å². The molecule has 1 aliphatic heterocycles. The van der Waals surface area contributed by atoms with E-state index in [9.17, 15) is 28.1 Å². The predicted octanol–water partition coefficient (Wildman–Crippen LogP) is 1.67. The largest absolute Gasteiger partial charge is 0.444 e.